The zero-order valence-electron chi connectivity index (χ0n) is 12.7. The maximum absolute atomic E-state index is 12.1. The van der Waals surface area contributed by atoms with E-state index in [1.807, 2.05) is 0 Å². The molecule has 0 aliphatic heterocycles. The van der Waals surface area contributed by atoms with Crippen molar-refractivity contribution in [2.24, 2.45) is 5.73 Å². The molecule has 0 radical (unpaired) electrons. The van der Waals surface area contributed by atoms with Crippen LogP contribution in [0.3, 0.4) is 0 Å². The van der Waals surface area contributed by atoms with Crippen LogP contribution in [0, 0.1) is 0 Å². The van der Waals surface area contributed by atoms with Gasteiger partial charge < -0.3 is 11.1 Å². The summed E-state index contributed by atoms with van der Waals surface area (Å²) in [4.78, 5) is 14.3. The normalized spacial score (nSPS) is 17.7. The summed E-state index contributed by atoms with van der Waals surface area (Å²) in [5.41, 5.74) is 5.55. The van der Waals surface area contributed by atoms with Gasteiger partial charge in [-0.25, -0.2) is 0 Å². The third-order valence-electron chi connectivity index (χ3n) is 3.95. The lowest BCUT2D eigenvalue weighted by Crippen LogP contribution is -2.44. The molecule has 4 nitrogen and oxygen atoms in total. The van der Waals surface area contributed by atoms with Crippen LogP contribution in [0.1, 0.15) is 58.8 Å². The number of nitrogens with two attached hydrogens (primary N) is 1. The molecule has 0 aromatic heterocycles. The fraction of sp³-hybridized carbons (Fsp3) is 0.933. The molecule has 1 aliphatic carbocycles. The topological polar surface area (TPSA) is 58.4 Å². The Morgan fingerprint density at radius 3 is 2.42 bits per heavy atom. The molecule has 0 heterocycles. The first-order valence-electron chi connectivity index (χ1n) is 7.87. The van der Waals surface area contributed by atoms with E-state index in [0.29, 0.717) is 25.2 Å². The van der Waals surface area contributed by atoms with E-state index in [9.17, 15) is 4.79 Å². The number of hydrogen-bond donors (Lipinski definition) is 2. The Balaban J connectivity index is 2.34. The van der Waals surface area contributed by atoms with Crippen LogP contribution in [0.25, 0.3) is 0 Å². The molecule has 0 aromatic rings. The summed E-state index contributed by atoms with van der Waals surface area (Å²) in [6.07, 6.45) is 8.40. The second kappa shape index (κ2) is 9.32. The van der Waals surface area contributed by atoms with Crippen LogP contribution in [0.5, 0.6) is 0 Å². The minimum Gasteiger partial charge on any atom is -0.352 e. The van der Waals surface area contributed by atoms with Crippen LogP contribution in [-0.2, 0) is 4.79 Å². The maximum atomic E-state index is 12.1. The van der Waals surface area contributed by atoms with Crippen LogP contribution < -0.4 is 11.1 Å². The molecular formula is C15H31N3O. The van der Waals surface area contributed by atoms with Gasteiger partial charge in [0.1, 0.15) is 0 Å². The zero-order chi connectivity index (χ0) is 14.1. The van der Waals surface area contributed by atoms with E-state index in [0.717, 1.165) is 25.8 Å². The van der Waals surface area contributed by atoms with Crippen LogP contribution in [0.4, 0.5) is 0 Å². The monoisotopic (exact) mass is 269 g/mol. The van der Waals surface area contributed by atoms with Gasteiger partial charge in [-0.3, -0.25) is 9.69 Å². The van der Waals surface area contributed by atoms with Crippen molar-refractivity contribution >= 4 is 5.91 Å². The van der Waals surface area contributed by atoms with Crippen LogP contribution in [0.2, 0.25) is 0 Å². The van der Waals surface area contributed by atoms with Gasteiger partial charge in [-0.2, -0.15) is 0 Å². The Morgan fingerprint density at radius 2 is 1.89 bits per heavy atom. The van der Waals surface area contributed by atoms with Crippen molar-refractivity contribution < 1.29 is 4.79 Å². The van der Waals surface area contributed by atoms with E-state index in [2.05, 4.69) is 24.1 Å². The highest BCUT2D eigenvalue weighted by molar-refractivity contribution is 5.78. The molecule has 19 heavy (non-hydrogen) atoms. The van der Waals surface area contributed by atoms with Crippen LogP contribution in [-0.4, -0.2) is 42.5 Å². The largest absolute Gasteiger partial charge is 0.352 e. The SMILES string of the molecule is CC(C)N(CCCN)CC(=O)NC1CCCCCC1. The fourth-order valence-corrected chi connectivity index (χ4v) is 2.70. The van der Waals surface area contributed by atoms with Gasteiger partial charge in [0.15, 0.2) is 0 Å². The van der Waals surface area contributed by atoms with Crippen molar-refractivity contribution in [3.63, 3.8) is 0 Å². The molecule has 1 saturated carbocycles. The Morgan fingerprint density at radius 1 is 1.26 bits per heavy atom. The number of carbonyl (C=O) groups is 1. The number of rotatable bonds is 7. The van der Waals surface area contributed by atoms with Crippen LogP contribution >= 0.6 is 0 Å². The van der Waals surface area contributed by atoms with Crippen molar-refractivity contribution in [1.82, 2.24) is 10.2 Å². The molecule has 1 fully saturated rings. The molecule has 0 atom stereocenters. The van der Waals surface area contributed by atoms with Gasteiger partial charge in [0, 0.05) is 18.6 Å². The van der Waals surface area contributed by atoms with E-state index >= 15 is 0 Å². The van der Waals surface area contributed by atoms with Gasteiger partial charge in [-0.15, -0.1) is 0 Å². The van der Waals surface area contributed by atoms with Gasteiger partial charge in [-0.1, -0.05) is 25.7 Å². The number of nitrogens with zero attached hydrogens (tertiary/aromatic N) is 1. The number of hydrogen-bond acceptors (Lipinski definition) is 3. The summed E-state index contributed by atoms with van der Waals surface area (Å²) in [5, 5.41) is 3.21. The lowest BCUT2D eigenvalue weighted by atomic mass is 10.1. The van der Waals surface area contributed by atoms with Crippen molar-refractivity contribution in [1.29, 1.82) is 0 Å². The summed E-state index contributed by atoms with van der Waals surface area (Å²) >= 11 is 0. The van der Waals surface area contributed by atoms with Crippen molar-refractivity contribution in [3.8, 4) is 0 Å². The van der Waals surface area contributed by atoms with E-state index in [1.54, 1.807) is 0 Å². The molecule has 1 amide bonds. The number of amides is 1. The zero-order valence-corrected chi connectivity index (χ0v) is 12.7. The van der Waals surface area contributed by atoms with Gasteiger partial charge in [-0.05, 0) is 39.7 Å². The lowest BCUT2D eigenvalue weighted by molar-refractivity contribution is -0.123. The second-order valence-corrected chi connectivity index (χ2v) is 5.96. The average Bonchev–Trinajstić information content (AvgIpc) is 2.62. The smallest absolute Gasteiger partial charge is 0.234 e. The highest BCUT2D eigenvalue weighted by Gasteiger charge is 2.18. The molecule has 0 bridgehead atoms. The van der Waals surface area contributed by atoms with Gasteiger partial charge in [0.05, 0.1) is 6.54 Å². The summed E-state index contributed by atoms with van der Waals surface area (Å²) in [5.74, 6) is 0.178. The predicted molar refractivity (Wildman–Crippen MR) is 80.0 cm³/mol. The summed E-state index contributed by atoms with van der Waals surface area (Å²) < 4.78 is 0. The highest BCUT2D eigenvalue weighted by atomic mass is 16.2. The highest BCUT2D eigenvalue weighted by Crippen LogP contribution is 2.17. The van der Waals surface area contributed by atoms with Crippen LogP contribution in [0.15, 0.2) is 0 Å². The Kier molecular flexibility index (Phi) is 8.07. The van der Waals surface area contributed by atoms with Crippen molar-refractivity contribution in [3.05, 3.63) is 0 Å². The molecule has 1 aliphatic rings. The first-order chi connectivity index (χ1) is 9.13. The lowest BCUT2D eigenvalue weighted by Gasteiger charge is -2.26. The summed E-state index contributed by atoms with van der Waals surface area (Å²) in [6, 6.07) is 0.796. The second-order valence-electron chi connectivity index (χ2n) is 5.96. The molecule has 0 saturated heterocycles. The standard InChI is InChI=1S/C15H31N3O/c1-13(2)18(11-7-10-16)12-15(19)17-14-8-5-3-4-6-9-14/h13-14H,3-12,16H2,1-2H3,(H,17,19). The maximum Gasteiger partial charge on any atom is 0.234 e. The van der Waals surface area contributed by atoms with E-state index < -0.39 is 0 Å². The Bertz CT molecular complexity index is 248. The molecule has 1 rings (SSSR count). The third-order valence-corrected chi connectivity index (χ3v) is 3.95. The minimum atomic E-state index is 0.178. The summed E-state index contributed by atoms with van der Waals surface area (Å²) in [6.45, 7) is 6.37. The molecule has 3 N–H and O–H groups in total. The van der Waals surface area contributed by atoms with Gasteiger partial charge in [0.2, 0.25) is 5.91 Å². The molecule has 112 valence electrons. The molecule has 4 heteroatoms. The number of nitrogens with one attached hydrogen (secondary N) is 1. The first kappa shape index (κ1) is 16.4. The molecule has 0 aromatic carbocycles. The van der Waals surface area contributed by atoms with Gasteiger partial charge in [0.25, 0.3) is 0 Å². The molecule has 0 spiro atoms. The van der Waals surface area contributed by atoms with E-state index in [4.69, 9.17) is 5.73 Å². The van der Waals surface area contributed by atoms with Gasteiger partial charge >= 0.3 is 0 Å². The summed E-state index contributed by atoms with van der Waals surface area (Å²) in [7, 11) is 0. The molecule has 0 unspecified atom stereocenters. The quantitative estimate of drug-likeness (QED) is 0.694. The Labute approximate surface area is 118 Å². The van der Waals surface area contributed by atoms with Crippen molar-refractivity contribution in [2.45, 2.75) is 70.9 Å². The minimum absolute atomic E-state index is 0.178. The first-order valence-corrected chi connectivity index (χ1v) is 7.87. The van der Waals surface area contributed by atoms with Crippen molar-refractivity contribution in [2.75, 3.05) is 19.6 Å². The Hall–Kier alpha value is -0.610. The molecular weight excluding hydrogens is 238 g/mol. The average molecular weight is 269 g/mol. The third kappa shape index (κ3) is 6.92. The number of carbonyl (C=O) groups excluding carboxylic acids is 1. The van der Waals surface area contributed by atoms with E-state index in [1.165, 1.54) is 25.7 Å². The fourth-order valence-electron chi connectivity index (χ4n) is 2.70. The predicted octanol–water partition coefficient (Wildman–Crippen LogP) is 1.88. The van der Waals surface area contributed by atoms with E-state index in [-0.39, 0.29) is 5.91 Å².